The normalized spacial score (nSPS) is 24.3. The van der Waals surface area contributed by atoms with Gasteiger partial charge in [0.1, 0.15) is 12.7 Å². The number of esters is 4. The first kappa shape index (κ1) is 30.9. The number of aromatic nitrogens is 2. The molecule has 1 N–H and O–H groups in total. The van der Waals surface area contributed by atoms with E-state index in [1.807, 2.05) is 13.8 Å². The molecule has 0 amide bonds. The molecule has 1 fully saturated rings. The van der Waals surface area contributed by atoms with Crippen molar-refractivity contribution in [2.24, 2.45) is 21.7 Å². The third-order valence-electron chi connectivity index (χ3n) is 6.34. The summed E-state index contributed by atoms with van der Waals surface area (Å²) in [6, 6.07) is 1.60. The third kappa shape index (κ3) is 9.93. The van der Waals surface area contributed by atoms with Crippen molar-refractivity contribution in [3.8, 4) is 5.88 Å². The molecule has 1 saturated heterocycles. The second kappa shape index (κ2) is 13.5. The summed E-state index contributed by atoms with van der Waals surface area (Å²) in [5.41, 5.74) is -4.51. The molecule has 1 aromatic heterocycles. The van der Waals surface area contributed by atoms with Crippen LogP contribution < -0.4 is 4.74 Å². The van der Waals surface area contributed by atoms with Gasteiger partial charge in [-0.05, 0) is 88.9 Å². The SMILES string of the molecule is [2H]CC(C)(C)C(=O)OC[C@H]1OC(Oc2cc(C(C)C)[nH]n2)[C@H](OC(=O)C(C)(C)C[2H])[C@@H](OC(=O)C(C)(C)C[2H])[C@@H]1OC(=O)C(C)(C)C[2H]. The molecule has 0 saturated carbocycles. The van der Waals surface area contributed by atoms with Crippen molar-refractivity contribution in [2.75, 3.05) is 6.61 Å². The number of hydrogen-bond acceptors (Lipinski definition) is 11. The zero-order valence-electron chi connectivity index (χ0n) is 31.6. The van der Waals surface area contributed by atoms with Crippen molar-refractivity contribution < 1.29 is 53.1 Å². The minimum absolute atomic E-state index is 0.0259. The predicted octanol–water partition coefficient (Wildman–Crippen LogP) is 5.10. The van der Waals surface area contributed by atoms with Gasteiger partial charge in [-0.1, -0.05) is 13.8 Å². The van der Waals surface area contributed by atoms with E-state index >= 15 is 0 Å². The first-order chi connectivity index (χ1) is 22.1. The van der Waals surface area contributed by atoms with Crippen LogP contribution in [-0.2, 0) is 42.9 Å². The fourth-order valence-electron chi connectivity index (χ4n) is 3.50. The molecule has 5 atom stereocenters. The molecule has 1 unspecified atom stereocenters. The Morgan fingerprint density at radius 1 is 0.795 bits per heavy atom. The summed E-state index contributed by atoms with van der Waals surface area (Å²) in [6.07, 6.45) is -7.81. The van der Waals surface area contributed by atoms with Gasteiger partial charge in [-0.2, -0.15) is 0 Å². The zero-order valence-corrected chi connectivity index (χ0v) is 27.6. The molecule has 2 rings (SSSR count). The van der Waals surface area contributed by atoms with Gasteiger partial charge < -0.3 is 28.4 Å². The lowest BCUT2D eigenvalue weighted by atomic mass is 9.93. The maximum atomic E-state index is 13.5. The lowest BCUT2D eigenvalue weighted by molar-refractivity contribution is -0.294. The van der Waals surface area contributed by atoms with E-state index in [1.165, 1.54) is 55.4 Å². The molecule has 0 aromatic carbocycles. The molecule has 0 spiro atoms. The summed E-state index contributed by atoms with van der Waals surface area (Å²) < 4.78 is 66.9. The van der Waals surface area contributed by atoms with E-state index in [9.17, 15) is 19.2 Å². The molecule has 0 radical (unpaired) electrons. The Bertz CT molecular complexity index is 1280. The summed E-state index contributed by atoms with van der Waals surface area (Å²) in [5, 5.41) is 7.00. The second-order valence-electron chi connectivity index (χ2n) is 14.2. The monoisotopic (exact) mass is 628 g/mol. The Balaban J connectivity index is 2.77. The van der Waals surface area contributed by atoms with Gasteiger partial charge in [0, 0.05) is 17.2 Å². The molecule has 1 aliphatic rings. The van der Waals surface area contributed by atoms with E-state index in [0.717, 1.165) is 0 Å². The van der Waals surface area contributed by atoms with E-state index in [2.05, 4.69) is 10.2 Å². The van der Waals surface area contributed by atoms with E-state index in [-0.39, 0.29) is 39.4 Å². The fourth-order valence-corrected chi connectivity index (χ4v) is 3.50. The Hall–Kier alpha value is -3.15. The average Bonchev–Trinajstić information content (AvgIpc) is 3.51. The highest BCUT2D eigenvalue weighted by molar-refractivity contribution is 5.78. The van der Waals surface area contributed by atoms with Crippen LogP contribution in [0.15, 0.2) is 6.07 Å². The van der Waals surface area contributed by atoms with Crippen LogP contribution in [0.25, 0.3) is 0 Å². The number of H-pyrrole nitrogens is 1. The smallest absolute Gasteiger partial charge is 0.311 e. The number of nitrogens with zero attached hydrogens (tertiary/aromatic N) is 1. The summed E-state index contributed by atoms with van der Waals surface area (Å²) in [6.45, 7) is 13.8. The van der Waals surface area contributed by atoms with Crippen LogP contribution in [0.1, 0.15) is 114 Å². The van der Waals surface area contributed by atoms with Crippen molar-refractivity contribution in [1.82, 2.24) is 10.2 Å². The maximum absolute atomic E-state index is 13.5. The molecular weight excluding hydrogens is 572 g/mol. The number of rotatable bonds is 8. The molecule has 1 aromatic rings. The predicted molar refractivity (Wildman–Crippen MR) is 160 cm³/mol. The number of carbonyl (C=O) groups is 4. The lowest BCUT2D eigenvalue weighted by Gasteiger charge is -2.45. The van der Waals surface area contributed by atoms with Crippen molar-refractivity contribution in [3.05, 3.63) is 11.8 Å². The van der Waals surface area contributed by atoms with Crippen LogP contribution in [0.5, 0.6) is 5.88 Å². The molecule has 250 valence electrons. The standard InChI is InChI=1S/C32H52N2O10/c1-17(2)18-15-20(34-33-18)41-24-23(44-28(38)32(12,13)14)22(43-27(37)31(9,10)11)21(42-26(36)30(6,7)8)19(40-24)16-39-25(35)29(3,4)5/h15,17,19,21-24H,16H2,1-14H3,(H,33,34)/t19-,21-,22+,23-,24?/m1/s1/i3D,6D,9D,12D. The highest BCUT2D eigenvalue weighted by Gasteiger charge is 2.55. The number of nitrogens with one attached hydrogen (secondary N) is 1. The van der Waals surface area contributed by atoms with Gasteiger partial charge in [0.25, 0.3) is 0 Å². The van der Waals surface area contributed by atoms with Crippen LogP contribution >= 0.6 is 0 Å². The van der Waals surface area contributed by atoms with Gasteiger partial charge in [0.05, 0.1) is 21.7 Å². The van der Waals surface area contributed by atoms with Crippen LogP contribution in [-0.4, -0.2) is 71.4 Å². The van der Waals surface area contributed by atoms with Gasteiger partial charge in [-0.3, -0.25) is 24.3 Å². The Morgan fingerprint density at radius 3 is 1.70 bits per heavy atom. The minimum atomic E-state index is -1.64. The van der Waals surface area contributed by atoms with Crippen molar-refractivity contribution >= 4 is 23.9 Å². The lowest BCUT2D eigenvalue weighted by Crippen LogP contribution is -2.65. The van der Waals surface area contributed by atoms with Gasteiger partial charge in [0.15, 0.2) is 12.2 Å². The summed E-state index contributed by atoms with van der Waals surface area (Å²) in [7, 11) is 0. The Labute approximate surface area is 266 Å². The largest absolute Gasteiger partial charge is 0.462 e. The quantitative estimate of drug-likeness (QED) is 0.302. The van der Waals surface area contributed by atoms with Gasteiger partial charge in [-0.25, -0.2) is 0 Å². The summed E-state index contributed by atoms with van der Waals surface area (Å²) >= 11 is 0. The molecule has 1 aliphatic heterocycles. The number of aromatic amines is 1. The van der Waals surface area contributed by atoms with E-state index < -0.39 is 82.8 Å². The highest BCUT2D eigenvalue weighted by atomic mass is 16.7. The molecule has 0 aliphatic carbocycles. The highest BCUT2D eigenvalue weighted by Crippen LogP contribution is 2.35. The van der Waals surface area contributed by atoms with Crippen LogP contribution in [0.4, 0.5) is 0 Å². The first-order valence-corrected chi connectivity index (χ1v) is 14.4. The van der Waals surface area contributed by atoms with Crippen LogP contribution in [0.3, 0.4) is 0 Å². The first-order valence-electron chi connectivity index (χ1n) is 17.2. The molecule has 12 heteroatoms. The van der Waals surface area contributed by atoms with E-state index in [1.54, 1.807) is 6.07 Å². The topological polar surface area (TPSA) is 152 Å². The van der Waals surface area contributed by atoms with Crippen molar-refractivity contribution in [2.45, 2.75) is 133 Å². The average molecular weight is 629 g/mol. The zero-order chi connectivity index (χ0) is 36.8. The summed E-state index contributed by atoms with van der Waals surface area (Å²) in [5.74, 6) is -3.33. The second-order valence-corrected chi connectivity index (χ2v) is 14.2. The van der Waals surface area contributed by atoms with E-state index in [4.69, 9.17) is 33.9 Å². The molecule has 0 bridgehead atoms. The van der Waals surface area contributed by atoms with Gasteiger partial charge >= 0.3 is 23.9 Å². The Morgan fingerprint density at radius 2 is 1.25 bits per heavy atom. The Kier molecular flexibility index (Phi) is 9.44. The number of ether oxygens (including phenoxy) is 6. The number of carbonyl (C=O) groups excluding carboxylic acids is 4. The summed E-state index contributed by atoms with van der Waals surface area (Å²) in [4.78, 5) is 53.3. The molecule has 44 heavy (non-hydrogen) atoms. The van der Waals surface area contributed by atoms with Crippen molar-refractivity contribution in [1.29, 1.82) is 0 Å². The van der Waals surface area contributed by atoms with E-state index in [0.29, 0.717) is 5.69 Å². The van der Waals surface area contributed by atoms with Gasteiger partial charge in [-0.15, -0.1) is 5.10 Å². The van der Waals surface area contributed by atoms with Crippen molar-refractivity contribution in [3.63, 3.8) is 0 Å². The molecule has 12 nitrogen and oxygen atoms in total. The van der Waals surface area contributed by atoms with Crippen LogP contribution in [0.2, 0.25) is 0 Å². The van der Waals surface area contributed by atoms with Crippen LogP contribution in [0, 0.1) is 21.7 Å². The number of hydrogen-bond donors (Lipinski definition) is 1. The maximum Gasteiger partial charge on any atom is 0.311 e. The van der Waals surface area contributed by atoms with Gasteiger partial charge in [0.2, 0.25) is 18.3 Å². The molecular formula is C32H52N2O10. The minimum Gasteiger partial charge on any atom is -0.462 e. The third-order valence-corrected chi connectivity index (χ3v) is 6.34. The molecule has 2 heterocycles. The fraction of sp³-hybridized carbons (Fsp3) is 0.781.